The lowest BCUT2D eigenvalue weighted by Crippen LogP contribution is -2.39. The van der Waals surface area contributed by atoms with Crippen molar-refractivity contribution < 1.29 is 10.0 Å². The van der Waals surface area contributed by atoms with Crippen LogP contribution in [0, 0.1) is 11.8 Å². The molecule has 0 saturated heterocycles. The van der Waals surface area contributed by atoms with Crippen LogP contribution in [0.3, 0.4) is 0 Å². The molecule has 0 aromatic rings. The number of nitrogens with zero attached hydrogens (tertiary/aromatic N) is 2. The smallest absolute Gasteiger partial charge is 0.225 e. The Morgan fingerprint density at radius 1 is 1.33 bits per heavy atom. The zero-order chi connectivity index (χ0) is 14.1. The van der Waals surface area contributed by atoms with Crippen molar-refractivity contribution in [1.82, 2.24) is 4.90 Å². The SMILES string of the molecule is CCCC(CCC)C(=O)N(C)CC(C)C(N)=NO. The van der Waals surface area contributed by atoms with Crippen LogP contribution in [0.2, 0.25) is 0 Å². The Morgan fingerprint density at radius 2 is 1.83 bits per heavy atom. The van der Waals surface area contributed by atoms with Crippen LogP contribution in [-0.4, -0.2) is 35.4 Å². The zero-order valence-corrected chi connectivity index (χ0v) is 12.0. The molecule has 0 fully saturated rings. The number of carbonyl (C=O) groups is 1. The summed E-state index contributed by atoms with van der Waals surface area (Å²) in [6.45, 7) is 6.51. The van der Waals surface area contributed by atoms with E-state index in [9.17, 15) is 4.79 Å². The number of carbonyl (C=O) groups excluding carboxylic acids is 1. The summed E-state index contributed by atoms with van der Waals surface area (Å²) in [7, 11) is 1.78. The van der Waals surface area contributed by atoms with E-state index in [-0.39, 0.29) is 23.6 Å². The topological polar surface area (TPSA) is 78.9 Å². The third kappa shape index (κ3) is 5.38. The van der Waals surface area contributed by atoms with Gasteiger partial charge in [-0.15, -0.1) is 0 Å². The van der Waals surface area contributed by atoms with Gasteiger partial charge < -0.3 is 15.8 Å². The van der Waals surface area contributed by atoms with Crippen LogP contribution in [0.15, 0.2) is 5.16 Å². The van der Waals surface area contributed by atoms with Gasteiger partial charge in [0.05, 0.1) is 0 Å². The van der Waals surface area contributed by atoms with E-state index in [1.165, 1.54) is 0 Å². The first kappa shape index (κ1) is 16.7. The molecule has 1 atom stereocenters. The van der Waals surface area contributed by atoms with Gasteiger partial charge >= 0.3 is 0 Å². The van der Waals surface area contributed by atoms with Crippen LogP contribution < -0.4 is 5.73 Å². The maximum absolute atomic E-state index is 12.3. The molecule has 106 valence electrons. The molecule has 0 aromatic heterocycles. The Balaban J connectivity index is 4.46. The molecule has 3 N–H and O–H groups in total. The van der Waals surface area contributed by atoms with Crippen molar-refractivity contribution in [3.63, 3.8) is 0 Å². The largest absolute Gasteiger partial charge is 0.409 e. The highest BCUT2D eigenvalue weighted by Gasteiger charge is 2.22. The van der Waals surface area contributed by atoms with Crippen molar-refractivity contribution in [2.75, 3.05) is 13.6 Å². The number of nitrogens with two attached hydrogens (primary N) is 1. The summed E-state index contributed by atoms with van der Waals surface area (Å²) in [6, 6.07) is 0. The molecular weight excluding hydrogens is 230 g/mol. The minimum absolute atomic E-state index is 0.101. The van der Waals surface area contributed by atoms with E-state index in [2.05, 4.69) is 19.0 Å². The maximum atomic E-state index is 12.3. The van der Waals surface area contributed by atoms with Gasteiger partial charge in [0.25, 0.3) is 0 Å². The zero-order valence-electron chi connectivity index (χ0n) is 12.0. The number of hydrogen-bond acceptors (Lipinski definition) is 3. The molecule has 5 heteroatoms. The van der Waals surface area contributed by atoms with Crippen molar-refractivity contribution in [2.24, 2.45) is 22.7 Å². The van der Waals surface area contributed by atoms with Gasteiger partial charge in [0, 0.05) is 25.4 Å². The first-order chi connectivity index (χ1) is 8.47. The molecule has 0 aliphatic carbocycles. The number of rotatable bonds is 8. The summed E-state index contributed by atoms with van der Waals surface area (Å²) < 4.78 is 0. The van der Waals surface area contributed by atoms with Crippen molar-refractivity contribution in [2.45, 2.75) is 46.5 Å². The predicted octanol–water partition coefficient (Wildman–Crippen LogP) is 2.04. The molecule has 5 nitrogen and oxygen atoms in total. The molecule has 0 aromatic carbocycles. The molecule has 0 saturated carbocycles. The molecule has 0 bridgehead atoms. The van der Waals surface area contributed by atoms with E-state index in [1.54, 1.807) is 11.9 Å². The number of oxime groups is 1. The summed E-state index contributed by atoms with van der Waals surface area (Å²) >= 11 is 0. The van der Waals surface area contributed by atoms with E-state index in [0.717, 1.165) is 25.7 Å². The summed E-state index contributed by atoms with van der Waals surface area (Å²) in [6.07, 6.45) is 3.88. The fourth-order valence-electron chi connectivity index (χ4n) is 2.09. The molecule has 0 spiro atoms. The summed E-state index contributed by atoms with van der Waals surface area (Å²) in [5, 5.41) is 11.6. The highest BCUT2D eigenvalue weighted by molar-refractivity contribution is 5.83. The molecule has 0 radical (unpaired) electrons. The van der Waals surface area contributed by atoms with Gasteiger partial charge in [-0.2, -0.15) is 0 Å². The third-order valence-corrected chi connectivity index (χ3v) is 3.17. The highest BCUT2D eigenvalue weighted by atomic mass is 16.4. The molecule has 1 unspecified atom stereocenters. The van der Waals surface area contributed by atoms with Crippen molar-refractivity contribution >= 4 is 11.7 Å². The van der Waals surface area contributed by atoms with Crippen LogP contribution in [-0.2, 0) is 4.79 Å². The predicted molar refractivity (Wildman–Crippen MR) is 73.5 cm³/mol. The molecular formula is C13H27N3O2. The normalized spacial score (nSPS) is 13.7. The number of amidine groups is 1. The molecule has 18 heavy (non-hydrogen) atoms. The van der Waals surface area contributed by atoms with Gasteiger partial charge in [0.15, 0.2) is 0 Å². The minimum atomic E-state index is -0.132. The van der Waals surface area contributed by atoms with Gasteiger partial charge in [-0.1, -0.05) is 38.8 Å². The van der Waals surface area contributed by atoms with Crippen LogP contribution in [0.25, 0.3) is 0 Å². The third-order valence-electron chi connectivity index (χ3n) is 3.17. The first-order valence-corrected chi connectivity index (χ1v) is 6.70. The van der Waals surface area contributed by atoms with Gasteiger partial charge in [-0.3, -0.25) is 4.79 Å². The lowest BCUT2D eigenvalue weighted by atomic mass is 9.96. The lowest BCUT2D eigenvalue weighted by Gasteiger charge is -2.25. The standard InChI is InChI=1S/C13H27N3O2/c1-5-7-11(8-6-2)13(17)16(4)9-10(3)12(14)15-18/h10-11,18H,5-9H2,1-4H3,(H2,14,15). The lowest BCUT2D eigenvalue weighted by molar-refractivity contribution is -0.135. The second kappa shape index (κ2) is 8.78. The number of amides is 1. The summed E-state index contributed by atoms with van der Waals surface area (Å²) in [4.78, 5) is 13.9. The van der Waals surface area contributed by atoms with Crippen molar-refractivity contribution in [1.29, 1.82) is 0 Å². The van der Waals surface area contributed by atoms with Crippen molar-refractivity contribution in [3.05, 3.63) is 0 Å². The second-order valence-corrected chi connectivity index (χ2v) is 4.92. The highest BCUT2D eigenvalue weighted by Crippen LogP contribution is 2.16. The Hall–Kier alpha value is -1.26. The van der Waals surface area contributed by atoms with E-state index in [4.69, 9.17) is 10.9 Å². The van der Waals surface area contributed by atoms with Crippen LogP contribution in [0.1, 0.15) is 46.5 Å². The van der Waals surface area contributed by atoms with E-state index in [0.29, 0.717) is 6.54 Å². The first-order valence-electron chi connectivity index (χ1n) is 6.70. The average Bonchev–Trinajstić information content (AvgIpc) is 2.36. The van der Waals surface area contributed by atoms with Crippen molar-refractivity contribution in [3.8, 4) is 0 Å². The fraction of sp³-hybridized carbons (Fsp3) is 0.846. The number of hydrogen-bond donors (Lipinski definition) is 2. The Morgan fingerprint density at radius 3 is 2.22 bits per heavy atom. The molecule has 1 amide bonds. The summed E-state index contributed by atoms with van der Waals surface area (Å²) in [5.41, 5.74) is 5.52. The Kier molecular flexibility index (Phi) is 8.16. The van der Waals surface area contributed by atoms with Crippen LogP contribution >= 0.6 is 0 Å². The van der Waals surface area contributed by atoms with Gasteiger partial charge in [0.2, 0.25) is 5.91 Å². The van der Waals surface area contributed by atoms with Gasteiger partial charge in [-0.25, -0.2) is 0 Å². The Labute approximate surface area is 110 Å². The maximum Gasteiger partial charge on any atom is 0.225 e. The van der Waals surface area contributed by atoms with Gasteiger partial charge in [0.1, 0.15) is 5.84 Å². The fourth-order valence-corrected chi connectivity index (χ4v) is 2.09. The molecule has 0 heterocycles. The molecule has 0 aliphatic heterocycles. The van der Waals surface area contributed by atoms with Gasteiger partial charge in [-0.05, 0) is 12.8 Å². The average molecular weight is 257 g/mol. The van der Waals surface area contributed by atoms with E-state index < -0.39 is 0 Å². The summed E-state index contributed by atoms with van der Waals surface area (Å²) in [5.74, 6) is 0.297. The van der Waals surface area contributed by atoms with E-state index >= 15 is 0 Å². The second-order valence-electron chi connectivity index (χ2n) is 4.92. The van der Waals surface area contributed by atoms with Crippen LogP contribution in [0.4, 0.5) is 0 Å². The van der Waals surface area contributed by atoms with E-state index in [1.807, 2.05) is 6.92 Å². The molecule has 0 aliphatic rings. The van der Waals surface area contributed by atoms with Crippen LogP contribution in [0.5, 0.6) is 0 Å². The quantitative estimate of drug-likeness (QED) is 0.302. The minimum Gasteiger partial charge on any atom is -0.409 e. The molecule has 0 rings (SSSR count). The monoisotopic (exact) mass is 257 g/mol. The Bertz CT molecular complexity index is 273.